The number of carbonyl (C=O) groups excluding carboxylic acids is 2. The van der Waals surface area contributed by atoms with Gasteiger partial charge < -0.3 is 14.2 Å². The summed E-state index contributed by atoms with van der Waals surface area (Å²) in [6.07, 6.45) is 69.5. The summed E-state index contributed by atoms with van der Waals surface area (Å²) in [6, 6.07) is 0. The van der Waals surface area contributed by atoms with E-state index >= 15 is 0 Å². The van der Waals surface area contributed by atoms with Crippen molar-refractivity contribution in [1.82, 2.24) is 0 Å². The van der Waals surface area contributed by atoms with Gasteiger partial charge in [0, 0.05) is 19.4 Å². The second kappa shape index (κ2) is 54.9. The fourth-order valence-corrected chi connectivity index (χ4v) is 7.85. The van der Waals surface area contributed by atoms with E-state index in [2.05, 4.69) is 81.5 Å². The van der Waals surface area contributed by atoms with Crippen LogP contribution in [-0.4, -0.2) is 37.9 Å². The summed E-state index contributed by atoms with van der Waals surface area (Å²) in [4.78, 5) is 25.5. The van der Waals surface area contributed by atoms with Crippen LogP contribution < -0.4 is 0 Å². The molecule has 0 rings (SSSR count). The number of esters is 2. The average molecular weight is 895 g/mol. The van der Waals surface area contributed by atoms with Crippen molar-refractivity contribution in [3.05, 3.63) is 60.8 Å². The maximum Gasteiger partial charge on any atom is 0.306 e. The third-order valence-corrected chi connectivity index (χ3v) is 12.0. The van der Waals surface area contributed by atoms with Gasteiger partial charge in [-0.1, -0.05) is 229 Å². The lowest BCUT2D eigenvalue weighted by Gasteiger charge is -2.18. The van der Waals surface area contributed by atoms with E-state index in [1.54, 1.807) is 0 Å². The molecule has 5 nitrogen and oxygen atoms in total. The number of rotatable bonds is 51. The molecule has 0 aromatic carbocycles. The molecule has 5 heteroatoms. The Balaban J connectivity index is 4.24. The topological polar surface area (TPSA) is 61.8 Å². The third kappa shape index (κ3) is 52.2. The zero-order valence-electron chi connectivity index (χ0n) is 42.8. The molecule has 1 unspecified atom stereocenters. The van der Waals surface area contributed by atoms with E-state index in [0.29, 0.717) is 19.4 Å². The Morgan fingerprint density at radius 3 is 1.19 bits per heavy atom. The molecule has 0 aromatic heterocycles. The molecule has 0 saturated carbocycles. The molecule has 0 fully saturated rings. The largest absolute Gasteiger partial charge is 0.462 e. The van der Waals surface area contributed by atoms with Crippen molar-refractivity contribution in [3.8, 4) is 0 Å². The van der Waals surface area contributed by atoms with Crippen molar-refractivity contribution < 1.29 is 23.8 Å². The highest BCUT2D eigenvalue weighted by molar-refractivity contribution is 5.70. The first-order valence-corrected chi connectivity index (χ1v) is 27.8. The van der Waals surface area contributed by atoms with Crippen LogP contribution in [0.3, 0.4) is 0 Å². The van der Waals surface area contributed by atoms with E-state index in [4.69, 9.17) is 14.2 Å². The number of hydrogen-bond donors (Lipinski definition) is 0. The quantitative estimate of drug-likeness (QED) is 0.0346. The van der Waals surface area contributed by atoms with Gasteiger partial charge in [0.25, 0.3) is 0 Å². The van der Waals surface area contributed by atoms with E-state index < -0.39 is 6.10 Å². The van der Waals surface area contributed by atoms with Gasteiger partial charge in [-0.05, 0) is 96.3 Å². The summed E-state index contributed by atoms with van der Waals surface area (Å²) in [5, 5.41) is 0. The van der Waals surface area contributed by atoms with Crippen molar-refractivity contribution >= 4 is 11.9 Å². The van der Waals surface area contributed by atoms with Crippen molar-refractivity contribution in [2.24, 2.45) is 0 Å². The average Bonchev–Trinajstić information content (AvgIpc) is 3.30. The van der Waals surface area contributed by atoms with E-state index in [9.17, 15) is 9.59 Å². The maximum absolute atomic E-state index is 12.8. The molecular weight excluding hydrogens is 789 g/mol. The van der Waals surface area contributed by atoms with E-state index in [1.165, 1.54) is 173 Å². The second-order valence-electron chi connectivity index (χ2n) is 18.4. The van der Waals surface area contributed by atoms with Crippen molar-refractivity contribution in [3.63, 3.8) is 0 Å². The van der Waals surface area contributed by atoms with Gasteiger partial charge >= 0.3 is 11.9 Å². The van der Waals surface area contributed by atoms with Gasteiger partial charge in [0.15, 0.2) is 6.10 Å². The molecule has 0 aliphatic heterocycles. The van der Waals surface area contributed by atoms with Gasteiger partial charge in [0.2, 0.25) is 0 Å². The lowest BCUT2D eigenvalue weighted by Crippen LogP contribution is -2.30. The molecule has 0 aliphatic rings. The Labute approximate surface area is 398 Å². The Kier molecular flexibility index (Phi) is 52.9. The zero-order chi connectivity index (χ0) is 46.3. The van der Waals surface area contributed by atoms with Gasteiger partial charge in [-0.3, -0.25) is 9.59 Å². The predicted molar refractivity (Wildman–Crippen MR) is 279 cm³/mol. The molecule has 0 aliphatic carbocycles. The van der Waals surface area contributed by atoms with E-state index in [-0.39, 0.29) is 25.2 Å². The van der Waals surface area contributed by atoms with Crippen LogP contribution in [-0.2, 0) is 23.8 Å². The Morgan fingerprint density at radius 1 is 0.359 bits per heavy atom. The van der Waals surface area contributed by atoms with Crippen LogP contribution in [0.1, 0.15) is 278 Å². The van der Waals surface area contributed by atoms with Gasteiger partial charge in [-0.2, -0.15) is 0 Å². The number of hydrogen-bond acceptors (Lipinski definition) is 5. The summed E-state index contributed by atoms with van der Waals surface area (Å²) in [7, 11) is 0. The summed E-state index contributed by atoms with van der Waals surface area (Å²) in [5.41, 5.74) is 0. The Morgan fingerprint density at radius 2 is 0.719 bits per heavy atom. The minimum absolute atomic E-state index is 0.0783. The van der Waals surface area contributed by atoms with Crippen LogP contribution in [0.25, 0.3) is 0 Å². The number of unbranched alkanes of at least 4 members (excludes halogenated alkanes) is 30. The fraction of sp³-hybridized carbons (Fsp3) is 0.797. The third-order valence-electron chi connectivity index (χ3n) is 12.0. The normalized spacial score (nSPS) is 12.6. The summed E-state index contributed by atoms with van der Waals surface area (Å²) in [5.74, 6) is -0.405. The highest BCUT2D eigenvalue weighted by Gasteiger charge is 2.17. The number of ether oxygens (including phenoxy) is 3. The van der Waals surface area contributed by atoms with Crippen LogP contribution in [0, 0.1) is 0 Å². The highest BCUT2D eigenvalue weighted by Crippen LogP contribution is 2.15. The zero-order valence-corrected chi connectivity index (χ0v) is 42.8. The first kappa shape index (κ1) is 61.6. The molecule has 0 bridgehead atoms. The molecule has 0 amide bonds. The summed E-state index contributed by atoms with van der Waals surface area (Å²) in [6.45, 7) is 7.69. The minimum Gasteiger partial charge on any atom is -0.462 e. The van der Waals surface area contributed by atoms with Gasteiger partial charge in [0.05, 0.1) is 6.61 Å². The standard InChI is InChI=1S/C59H106O5/c1-4-7-10-13-16-19-22-25-27-29-30-32-33-35-37-40-43-46-49-52-58(60)63-56-57(55-62-54-51-48-45-42-39-24-21-18-15-12-9-6-3)64-59(61)53-50-47-44-41-38-36-34-31-28-26-23-20-17-14-11-8-5-2/h8,11,15,17-18,20,25-28,57H,4-7,9-10,12-14,16,19,21-24,29-56H2,1-3H3/b11-8-,18-15-,20-17-,27-25-,28-26-. The summed E-state index contributed by atoms with van der Waals surface area (Å²) < 4.78 is 17.4. The first-order valence-electron chi connectivity index (χ1n) is 27.8. The Bertz CT molecular complexity index is 1100. The van der Waals surface area contributed by atoms with Crippen LogP contribution >= 0.6 is 0 Å². The second-order valence-corrected chi connectivity index (χ2v) is 18.4. The van der Waals surface area contributed by atoms with Crippen LogP contribution in [0.5, 0.6) is 0 Å². The molecule has 0 radical (unpaired) electrons. The SMILES string of the molecule is CC/C=C\C/C=C\C/C=C\CCCCCCCCCC(=O)OC(COCCCCCCCC/C=C\CCCC)COC(=O)CCCCCCCCCCC/C=C\CCCCCCCC. The van der Waals surface area contributed by atoms with Gasteiger partial charge in [0.1, 0.15) is 6.61 Å². The smallest absolute Gasteiger partial charge is 0.306 e. The van der Waals surface area contributed by atoms with Crippen LogP contribution in [0.15, 0.2) is 60.8 Å². The first-order chi connectivity index (χ1) is 31.6. The van der Waals surface area contributed by atoms with Crippen LogP contribution in [0.2, 0.25) is 0 Å². The molecule has 0 aromatic rings. The van der Waals surface area contributed by atoms with Gasteiger partial charge in [-0.15, -0.1) is 0 Å². The van der Waals surface area contributed by atoms with Crippen molar-refractivity contribution in [1.29, 1.82) is 0 Å². The lowest BCUT2D eigenvalue weighted by atomic mass is 10.1. The molecule has 0 saturated heterocycles. The maximum atomic E-state index is 12.8. The molecule has 0 N–H and O–H groups in total. The number of carbonyl (C=O) groups is 2. The molecule has 372 valence electrons. The molecule has 0 heterocycles. The summed E-state index contributed by atoms with van der Waals surface area (Å²) >= 11 is 0. The molecule has 0 spiro atoms. The van der Waals surface area contributed by atoms with E-state index in [0.717, 1.165) is 70.6 Å². The fourth-order valence-electron chi connectivity index (χ4n) is 7.85. The van der Waals surface area contributed by atoms with Crippen molar-refractivity contribution in [2.75, 3.05) is 19.8 Å². The molecular formula is C59H106O5. The molecule has 64 heavy (non-hydrogen) atoms. The highest BCUT2D eigenvalue weighted by atomic mass is 16.6. The monoisotopic (exact) mass is 895 g/mol. The minimum atomic E-state index is -0.545. The lowest BCUT2D eigenvalue weighted by molar-refractivity contribution is -0.163. The van der Waals surface area contributed by atoms with Gasteiger partial charge in [-0.25, -0.2) is 0 Å². The number of allylic oxidation sites excluding steroid dienone is 10. The van der Waals surface area contributed by atoms with Crippen molar-refractivity contribution in [2.45, 2.75) is 284 Å². The molecule has 1 atom stereocenters. The Hall–Kier alpha value is -2.40. The van der Waals surface area contributed by atoms with E-state index in [1.807, 2.05) is 0 Å². The predicted octanol–water partition coefficient (Wildman–Crippen LogP) is 18.9. The van der Waals surface area contributed by atoms with Crippen LogP contribution in [0.4, 0.5) is 0 Å².